The molecule has 0 spiro atoms. The van der Waals surface area contributed by atoms with Crippen molar-refractivity contribution in [2.24, 2.45) is 0 Å². The Kier molecular flexibility index (Phi) is 4.41. The van der Waals surface area contributed by atoms with E-state index in [1.807, 2.05) is 71.5 Å². The smallest absolute Gasteiger partial charge is 0.274 e. The molecule has 5 nitrogen and oxygen atoms in total. The quantitative estimate of drug-likeness (QED) is 0.548. The van der Waals surface area contributed by atoms with Gasteiger partial charge in [0, 0.05) is 17.3 Å². The van der Waals surface area contributed by atoms with Gasteiger partial charge in [0.15, 0.2) is 5.16 Å². The topological polar surface area (TPSA) is 59.8 Å². The van der Waals surface area contributed by atoms with Crippen molar-refractivity contribution in [1.82, 2.24) is 14.5 Å². The first-order chi connectivity index (χ1) is 12.8. The number of imidazole rings is 1. The van der Waals surface area contributed by atoms with E-state index >= 15 is 0 Å². The van der Waals surface area contributed by atoms with Gasteiger partial charge in [-0.1, -0.05) is 36.0 Å². The van der Waals surface area contributed by atoms with Crippen LogP contribution < -0.4 is 5.32 Å². The van der Waals surface area contributed by atoms with E-state index in [2.05, 4.69) is 15.3 Å². The van der Waals surface area contributed by atoms with Crippen LogP contribution in [0, 0.1) is 0 Å². The molecular formula is C20H16N4OS. The highest BCUT2D eigenvalue weighted by Crippen LogP contribution is 2.25. The summed E-state index contributed by atoms with van der Waals surface area (Å²) < 4.78 is 1.86. The molecule has 26 heavy (non-hydrogen) atoms. The van der Waals surface area contributed by atoms with E-state index in [0.717, 1.165) is 27.4 Å². The third-order valence-electron chi connectivity index (χ3n) is 4.05. The standard InChI is InChI=1S/C20H16N4OS/c1-26-20-22-13-18(24(20)14-7-3-2-4-8-14)19(25)23-17-11-5-10-16-15(17)9-6-12-21-16/h2-13H,1H3,(H,23,25). The van der Waals surface area contributed by atoms with Gasteiger partial charge in [0.25, 0.3) is 5.91 Å². The lowest BCUT2D eigenvalue weighted by Crippen LogP contribution is -2.17. The fraction of sp³-hybridized carbons (Fsp3) is 0.0500. The van der Waals surface area contributed by atoms with Crippen molar-refractivity contribution in [3.63, 3.8) is 0 Å². The molecular weight excluding hydrogens is 344 g/mol. The SMILES string of the molecule is CSc1ncc(C(=O)Nc2cccc3ncccc23)n1-c1ccccc1. The van der Waals surface area contributed by atoms with Crippen LogP contribution in [0.2, 0.25) is 0 Å². The zero-order valence-electron chi connectivity index (χ0n) is 14.1. The van der Waals surface area contributed by atoms with Crippen LogP contribution in [0.5, 0.6) is 0 Å². The average Bonchev–Trinajstić information content (AvgIpc) is 3.13. The summed E-state index contributed by atoms with van der Waals surface area (Å²) in [7, 11) is 0. The molecule has 4 rings (SSSR count). The summed E-state index contributed by atoms with van der Waals surface area (Å²) in [6, 6.07) is 19.2. The number of anilines is 1. The summed E-state index contributed by atoms with van der Waals surface area (Å²) >= 11 is 1.50. The fourth-order valence-corrected chi connectivity index (χ4v) is 3.41. The number of aromatic nitrogens is 3. The van der Waals surface area contributed by atoms with Crippen LogP contribution >= 0.6 is 11.8 Å². The maximum atomic E-state index is 13.0. The van der Waals surface area contributed by atoms with Gasteiger partial charge in [0.1, 0.15) is 5.69 Å². The van der Waals surface area contributed by atoms with Crippen LogP contribution in [0.4, 0.5) is 5.69 Å². The molecule has 1 amide bonds. The molecule has 2 aromatic heterocycles. The lowest BCUT2D eigenvalue weighted by atomic mass is 10.2. The molecule has 0 atom stereocenters. The monoisotopic (exact) mass is 360 g/mol. The maximum absolute atomic E-state index is 13.0. The average molecular weight is 360 g/mol. The van der Waals surface area contributed by atoms with Crippen molar-refractivity contribution in [2.45, 2.75) is 5.16 Å². The Morgan fingerprint density at radius 3 is 2.65 bits per heavy atom. The molecule has 128 valence electrons. The van der Waals surface area contributed by atoms with Crippen LogP contribution in [0.25, 0.3) is 16.6 Å². The zero-order chi connectivity index (χ0) is 17.9. The molecule has 4 aromatic rings. The van der Waals surface area contributed by atoms with Gasteiger partial charge in [-0.2, -0.15) is 0 Å². The number of hydrogen-bond donors (Lipinski definition) is 1. The predicted molar refractivity (Wildman–Crippen MR) is 105 cm³/mol. The molecule has 0 radical (unpaired) electrons. The Labute approximate surface area is 155 Å². The lowest BCUT2D eigenvalue weighted by molar-refractivity contribution is 0.102. The second kappa shape index (κ2) is 7.01. The Hall–Kier alpha value is -3.12. The highest BCUT2D eigenvalue weighted by atomic mass is 32.2. The highest BCUT2D eigenvalue weighted by molar-refractivity contribution is 7.98. The largest absolute Gasteiger partial charge is 0.320 e. The first-order valence-electron chi connectivity index (χ1n) is 8.10. The molecule has 0 fully saturated rings. The number of amides is 1. The van der Waals surface area contributed by atoms with Crippen molar-refractivity contribution < 1.29 is 4.79 Å². The first-order valence-corrected chi connectivity index (χ1v) is 9.32. The van der Waals surface area contributed by atoms with Crippen LogP contribution in [0.3, 0.4) is 0 Å². The molecule has 0 aliphatic heterocycles. The highest BCUT2D eigenvalue weighted by Gasteiger charge is 2.18. The van der Waals surface area contributed by atoms with E-state index in [0.29, 0.717) is 5.69 Å². The third kappa shape index (κ3) is 2.95. The number of rotatable bonds is 4. The summed E-state index contributed by atoms with van der Waals surface area (Å²) in [4.78, 5) is 21.7. The number of para-hydroxylation sites is 1. The fourth-order valence-electron chi connectivity index (χ4n) is 2.86. The van der Waals surface area contributed by atoms with E-state index in [4.69, 9.17) is 0 Å². The Morgan fingerprint density at radius 2 is 1.85 bits per heavy atom. The Morgan fingerprint density at radius 1 is 1.00 bits per heavy atom. The second-order valence-electron chi connectivity index (χ2n) is 5.63. The van der Waals surface area contributed by atoms with Crippen molar-refractivity contribution in [3.8, 4) is 5.69 Å². The number of carbonyl (C=O) groups is 1. The Bertz CT molecular complexity index is 1070. The number of hydrogen-bond acceptors (Lipinski definition) is 4. The van der Waals surface area contributed by atoms with Gasteiger partial charge in [-0.15, -0.1) is 0 Å². The zero-order valence-corrected chi connectivity index (χ0v) is 14.9. The van der Waals surface area contributed by atoms with E-state index < -0.39 is 0 Å². The van der Waals surface area contributed by atoms with Gasteiger partial charge >= 0.3 is 0 Å². The second-order valence-corrected chi connectivity index (χ2v) is 6.40. The minimum absolute atomic E-state index is 0.210. The minimum Gasteiger partial charge on any atom is -0.320 e. The summed E-state index contributed by atoms with van der Waals surface area (Å²) in [5, 5.41) is 4.67. The van der Waals surface area contributed by atoms with Crippen molar-refractivity contribution >= 4 is 34.3 Å². The molecule has 2 heterocycles. The number of carbonyl (C=O) groups excluding carboxylic acids is 1. The van der Waals surface area contributed by atoms with Crippen molar-refractivity contribution in [2.75, 3.05) is 11.6 Å². The molecule has 0 saturated carbocycles. The van der Waals surface area contributed by atoms with E-state index in [-0.39, 0.29) is 5.91 Å². The van der Waals surface area contributed by atoms with E-state index in [9.17, 15) is 4.79 Å². The third-order valence-corrected chi connectivity index (χ3v) is 4.71. The molecule has 0 aliphatic rings. The molecule has 0 aliphatic carbocycles. The van der Waals surface area contributed by atoms with E-state index in [1.54, 1.807) is 12.4 Å². The van der Waals surface area contributed by atoms with Gasteiger partial charge in [0.05, 0.1) is 17.4 Å². The minimum atomic E-state index is -0.210. The van der Waals surface area contributed by atoms with Crippen LogP contribution in [-0.2, 0) is 0 Å². The number of nitrogens with zero attached hydrogens (tertiary/aromatic N) is 3. The number of nitrogens with one attached hydrogen (secondary N) is 1. The number of benzene rings is 2. The molecule has 1 N–H and O–H groups in total. The number of thioether (sulfide) groups is 1. The predicted octanol–water partition coefficient (Wildman–Crippen LogP) is 4.39. The van der Waals surface area contributed by atoms with Gasteiger partial charge < -0.3 is 5.32 Å². The summed E-state index contributed by atoms with van der Waals surface area (Å²) in [5.74, 6) is -0.210. The molecule has 6 heteroatoms. The van der Waals surface area contributed by atoms with Gasteiger partial charge in [-0.25, -0.2) is 4.98 Å². The van der Waals surface area contributed by atoms with Crippen molar-refractivity contribution in [1.29, 1.82) is 0 Å². The normalized spacial score (nSPS) is 10.8. The molecule has 0 unspecified atom stereocenters. The van der Waals surface area contributed by atoms with Gasteiger partial charge in [-0.3, -0.25) is 14.3 Å². The van der Waals surface area contributed by atoms with Crippen molar-refractivity contribution in [3.05, 3.63) is 78.8 Å². The lowest BCUT2D eigenvalue weighted by Gasteiger charge is -2.12. The van der Waals surface area contributed by atoms with Crippen LogP contribution in [0.1, 0.15) is 10.5 Å². The molecule has 2 aromatic carbocycles. The summed E-state index contributed by atoms with van der Waals surface area (Å²) in [6.45, 7) is 0. The van der Waals surface area contributed by atoms with Gasteiger partial charge in [-0.05, 0) is 42.7 Å². The van der Waals surface area contributed by atoms with Crippen LogP contribution in [0.15, 0.2) is 78.2 Å². The molecule has 0 saturated heterocycles. The maximum Gasteiger partial charge on any atom is 0.274 e. The number of pyridine rings is 1. The summed E-state index contributed by atoms with van der Waals surface area (Å²) in [5.41, 5.74) is 2.96. The number of fused-ring (bicyclic) bond motifs is 1. The van der Waals surface area contributed by atoms with Crippen LogP contribution in [-0.4, -0.2) is 26.7 Å². The summed E-state index contributed by atoms with van der Waals surface area (Å²) in [6.07, 6.45) is 5.29. The van der Waals surface area contributed by atoms with E-state index in [1.165, 1.54) is 11.8 Å². The van der Waals surface area contributed by atoms with Gasteiger partial charge in [0.2, 0.25) is 0 Å². The molecule has 0 bridgehead atoms. The first kappa shape index (κ1) is 16.4. The Balaban J connectivity index is 1.74.